The van der Waals surface area contributed by atoms with E-state index in [1.807, 2.05) is 26.8 Å². The van der Waals surface area contributed by atoms with Gasteiger partial charge in [0.1, 0.15) is 18.4 Å². The van der Waals surface area contributed by atoms with Crippen molar-refractivity contribution in [3.63, 3.8) is 0 Å². The fourth-order valence-electron chi connectivity index (χ4n) is 2.11. The molecule has 0 aliphatic carbocycles. The summed E-state index contributed by atoms with van der Waals surface area (Å²) in [5, 5.41) is 14.9. The molecule has 0 aromatic carbocycles. The predicted molar refractivity (Wildman–Crippen MR) is 80.0 cm³/mol. The molecule has 0 unspecified atom stereocenters. The summed E-state index contributed by atoms with van der Waals surface area (Å²) >= 11 is 0. The first-order valence-corrected chi connectivity index (χ1v) is 7.04. The molecule has 2 aromatic heterocycles. The summed E-state index contributed by atoms with van der Waals surface area (Å²) in [5.74, 6) is -0.146. The van der Waals surface area contributed by atoms with Crippen molar-refractivity contribution in [2.24, 2.45) is 0 Å². The van der Waals surface area contributed by atoms with E-state index in [-0.39, 0.29) is 12.1 Å². The lowest BCUT2D eigenvalue weighted by molar-refractivity contribution is -0.141. The van der Waals surface area contributed by atoms with Crippen molar-refractivity contribution in [1.29, 1.82) is 5.26 Å². The highest BCUT2D eigenvalue weighted by atomic mass is 19.4. The zero-order valence-electron chi connectivity index (χ0n) is 13.3. The first kappa shape index (κ1) is 17.6. The number of anilines is 1. The van der Waals surface area contributed by atoms with Crippen LogP contribution in [0.25, 0.3) is 0 Å². The van der Waals surface area contributed by atoms with Crippen LogP contribution in [0.1, 0.15) is 32.0 Å². The van der Waals surface area contributed by atoms with Crippen LogP contribution in [-0.4, -0.2) is 20.3 Å². The van der Waals surface area contributed by atoms with Gasteiger partial charge in [0.15, 0.2) is 5.69 Å². The molecule has 0 spiro atoms. The first-order valence-electron chi connectivity index (χ1n) is 7.04. The zero-order chi connectivity index (χ0) is 18.1. The van der Waals surface area contributed by atoms with Gasteiger partial charge in [-0.3, -0.25) is 9.48 Å². The average Bonchev–Trinajstić information content (AvgIpc) is 3.04. The SMILES string of the molecule is CC(C)(C)n1cc(C#N)cc1NC(=O)Cn1ccc(C(F)(F)F)n1. The third-order valence-corrected chi connectivity index (χ3v) is 3.18. The Labute approximate surface area is 136 Å². The Hall–Kier alpha value is -2.76. The summed E-state index contributed by atoms with van der Waals surface area (Å²) in [4.78, 5) is 12.1. The van der Waals surface area contributed by atoms with Crippen LogP contribution in [0.15, 0.2) is 24.5 Å². The molecule has 0 bridgehead atoms. The Morgan fingerprint density at radius 2 is 2.04 bits per heavy atom. The van der Waals surface area contributed by atoms with Crippen LogP contribution in [0, 0.1) is 11.3 Å². The highest BCUT2D eigenvalue weighted by Gasteiger charge is 2.33. The van der Waals surface area contributed by atoms with E-state index in [0.717, 1.165) is 16.9 Å². The smallest absolute Gasteiger partial charge is 0.328 e. The number of nitrogens with one attached hydrogen (secondary N) is 1. The molecular formula is C15H16F3N5O. The molecule has 0 saturated heterocycles. The van der Waals surface area contributed by atoms with Crippen molar-refractivity contribution < 1.29 is 18.0 Å². The van der Waals surface area contributed by atoms with Crippen LogP contribution in [0.3, 0.4) is 0 Å². The molecule has 24 heavy (non-hydrogen) atoms. The van der Waals surface area contributed by atoms with E-state index in [1.165, 1.54) is 6.07 Å². The Kier molecular flexibility index (Phi) is 4.42. The standard InChI is InChI=1S/C15H16F3N5O/c1-14(2,3)23-8-10(7-19)6-12(23)20-13(24)9-22-5-4-11(21-22)15(16,17)18/h4-6,8H,9H2,1-3H3,(H,20,24). The monoisotopic (exact) mass is 339 g/mol. The molecule has 2 aromatic rings. The Morgan fingerprint density at radius 3 is 2.54 bits per heavy atom. The van der Waals surface area contributed by atoms with Crippen molar-refractivity contribution in [2.75, 3.05) is 5.32 Å². The maximum Gasteiger partial charge on any atom is 0.435 e. The number of nitrogens with zero attached hydrogens (tertiary/aromatic N) is 4. The van der Waals surface area contributed by atoms with Gasteiger partial charge < -0.3 is 9.88 Å². The van der Waals surface area contributed by atoms with Crippen molar-refractivity contribution in [3.05, 3.63) is 35.8 Å². The second-order valence-corrected chi connectivity index (χ2v) is 6.21. The van der Waals surface area contributed by atoms with Crippen LogP contribution in [0.2, 0.25) is 0 Å². The lowest BCUT2D eigenvalue weighted by Crippen LogP contribution is -2.26. The molecule has 0 fully saturated rings. The van der Waals surface area contributed by atoms with Crippen LogP contribution >= 0.6 is 0 Å². The van der Waals surface area contributed by atoms with E-state index in [9.17, 15) is 18.0 Å². The van der Waals surface area contributed by atoms with Crippen LogP contribution in [-0.2, 0) is 23.1 Å². The second kappa shape index (κ2) is 6.03. The number of alkyl halides is 3. The molecule has 2 heterocycles. The number of hydrogen-bond donors (Lipinski definition) is 1. The van der Waals surface area contributed by atoms with E-state index in [1.54, 1.807) is 10.8 Å². The maximum absolute atomic E-state index is 12.5. The number of rotatable bonds is 3. The van der Waals surface area contributed by atoms with E-state index < -0.39 is 17.8 Å². The van der Waals surface area contributed by atoms with E-state index in [2.05, 4.69) is 10.4 Å². The van der Waals surface area contributed by atoms with Crippen molar-refractivity contribution >= 4 is 11.7 Å². The zero-order valence-corrected chi connectivity index (χ0v) is 13.3. The maximum atomic E-state index is 12.5. The first-order chi connectivity index (χ1) is 11.0. The summed E-state index contributed by atoms with van der Waals surface area (Å²) in [6, 6.07) is 4.30. The molecule has 6 nitrogen and oxygen atoms in total. The minimum Gasteiger partial charge on any atom is -0.328 e. The Bertz CT molecular complexity index is 789. The average molecular weight is 339 g/mol. The number of carbonyl (C=O) groups is 1. The van der Waals surface area contributed by atoms with Crippen LogP contribution in [0.5, 0.6) is 0 Å². The summed E-state index contributed by atoms with van der Waals surface area (Å²) in [6.45, 7) is 5.32. The number of amides is 1. The molecule has 9 heteroatoms. The van der Waals surface area contributed by atoms with Gasteiger partial charge in [-0.15, -0.1) is 0 Å². The van der Waals surface area contributed by atoms with Crippen LogP contribution in [0.4, 0.5) is 19.0 Å². The normalized spacial score (nSPS) is 12.0. The minimum absolute atomic E-state index is 0.368. The third-order valence-electron chi connectivity index (χ3n) is 3.18. The van der Waals surface area contributed by atoms with Crippen molar-refractivity contribution in [2.45, 2.75) is 39.0 Å². The summed E-state index contributed by atoms with van der Waals surface area (Å²) in [6.07, 6.45) is -1.86. The predicted octanol–water partition coefficient (Wildman–Crippen LogP) is 2.97. The molecular weight excluding hydrogens is 323 g/mol. The lowest BCUT2D eigenvalue weighted by Gasteiger charge is -2.24. The van der Waals surface area contributed by atoms with E-state index >= 15 is 0 Å². The van der Waals surface area contributed by atoms with E-state index in [4.69, 9.17) is 5.26 Å². The largest absolute Gasteiger partial charge is 0.435 e. The van der Waals surface area contributed by atoms with Gasteiger partial charge in [-0.2, -0.15) is 23.5 Å². The molecule has 0 radical (unpaired) electrons. The fraction of sp³-hybridized carbons (Fsp3) is 0.400. The molecule has 1 N–H and O–H groups in total. The Morgan fingerprint density at radius 1 is 1.38 bits per heavy atom. The number of carbonyl (C=O) groups excluding carboxylic acids is 1. The molecule has 2 rings (SSSR count). The van der Waals surface area contributed by atoms with Crippen molar-refractivity contribution in [3.8, 4) is 6.07 Å². The van der Waals surface area contributed by atoms with Gasteiger partial charge >= 0.3 is 6.18 Å². The van der Waals surface area contributed by atoms with Gasteiger partial charge in [-0.25, -0.2) is 0 Å². The highest BCUT2D eigenvalue weighted by molar-refractivity contribution is 5.90. The van der Waals surface area contributed by atoms with Crippen LogP contribution < -0.4 is 5.32 Å². The second-order valence-electron chi connectivity index (χ2n) is 6.21. The number of hydrogen-bond acceptors (Lipinski definition) is 3. The van der Waals surface area contributed by atoms with Gasteiger partial charge in [0.25, 0.3) is 0 Å². The molecule has 1 amide bonds. The van der Waals surface area contributed by atoms with Gasteiger partial charge in [0, 0.05) is 17.9 Å². The summed E-state index contributed by atoms with van der Waals surface area (Å²) in [5.41, 5.74) is -1.06. The lowest BCUT2D eigenvalue weighted by atomic mass is 10.1. The van der Waals surface area contributed by atoms with E-state index in [0.29, 0.717) is 11.4 Å². The Balaban J connectivity index is 2.15. The molecule has 0 atom stereocenters. The number of halogens is 3. The minimum atomic E-state index is -4.55. The quantitative estimate of drug-likeness (QED) is 0.934. The molecule has 128 valence electrons. The fourth-order valence-corrected chi connectivity index (χ4v) is 2.11. The highest BCUT2D eigenvalue weighted by Crippen LogP contribution is 2.27. The summed E-state index contributed by atoms with van der Waals surface area (Å²) < 4.78 is 40.1. The van der Waals surface area contributed by atoms with Gasteiger partial charge in [0.2, 0.25) is 5.91 Å². The van der Waals surface area contributed by atoms with Gasteiger partial charge in [0.05, 0.1) is 5.56 Å². The van der Waals surface area contributed by atoms with Gasteiger partial charge in [-0.05, 0) is 32.9 Å². The summed E-state index contributed by atoms with van der Waals surface area (Å²) in [7, 11) is 0. The van der Waals surface area contributed by atoms with Crippen molar-refractivity contribution in [1.82, 2.24) is 14.3 Å². The number of aromatic nitrogens is 3. The topological polar surface area (TPSA) is 75.6 Å². The molecule has 0 aliphatic heterocycles. The molecule has 0 saturated carbocycles. The van der Waals surface area contributed by atoms with Gasteiger partial charge in [-0.1, -0.05) is 0 Å². The molecule has 0 aliphatic rings. The number of nitriles is 1. The third kappa shape index (κ3) is 3.95.